The number of carbonyl (C=O) groups is 2. The van der Waals surface area contributed by atoms with Crippen molar-refractivity contribution in [2.24, 2.45) is 11.8 Å². The molecule has 2 saturated heterocycles. The summed E-state index contributed by atoms with van der Waals surface area (Å²) in [4.78, 5) is 27.6. The van der Waals surface area contributed by atoms with Crippen LogP contribution in [0.15, 0.2) is 0 Å². The van der Waals surface area contributed by atoms with Gasteiger partial charge in [0.05, 0.1) is 13.2 Å². The zero-order chi connectivity index (χ0) is 17.0. The Kier molecular flexibility index (Phi) is 5.89. The lowest BCUT2D eigenvalue weighted by Crippen LogP contribution is -2.56. The quantitative estimate of drug-likeness (QED) is 0.741. The first-order valence-electron chi connectivity index (χ1n) is 8.64. The molecule has 0 aromatic heterocycles. The highest BCUT2D eigenvalue weighted by atomic mass is 16.6. The minimum absolute atomic E-state index is 0.142. The molecule has 2 aliphatic rings. The lowest BCUT2D eigenvalue weighted by molar-refractivity contribution is -0.145. The molecule has 132 valence electrons. The Bertz CT molecular complexity index is 427. The molecule has 0 aliphatic carbocycles. The first-order chi connectivity index (χ1) is 10.8. The molecular formula is C17H30N2O4. The van der Waals surface area contributed by atoms with Gasteiger partial charge in [-0.25, -0.2) is 4.79 Å². The predicted octanol–water partition coefficient (Wildman–Crippen LogP) is 2.13. The van der Waals surface area contributed by atoms with Crippen molar-refractivity contribution in [1.29, 1.82) is 0 Å². The molecule has 2 fully saturated rings. The van der Waals surface area contributed by atoms with Crippen LogP contribution in [0.4, 0.5) is 4.79 Å². The van der Waals surface area contributed by atoms with Crippen molar-refractivity contribution in [2.45, 2.75) is 46.1 Å². The average Bonchev–Trinajstić information content (AvgIpc) is 2.35. The van der Waals surface area contributed by atoms with E-state index < -0.39 is 5.60 Å². The van der Waals surface area contributed by atoms with E-state index in [0.29, 0.717) is 25.0 Å². The third-order valence-corrected chi connectivity index (χ3v) is 4.43. The molecule has 0 N–H and O–H groups in total. The summed E-state index contributed by atoms with van der Waals surface area (Å²) < 4.78 is 10.4. The zero-order valence-electron chi connectivity index (χ0n) is 14.8. The topological polar surface area (TPSA) is 59.1 Å². The van der Waals surface area contributed by atoms with Crippen LogP contribution in [0.5, 0.6) is 0 Å². The fraction of sp³-hybridized carbons (Fsp3) is 0.882. The van der Waals surface area contributed by atoms with Crippen LogP contribution in [0.1, 0.15) is 40.5 Å². The molecule has 1 atom stereocenters. The van der Waals surface area contributed by atoms with Gasteiger partial charge >= 0.3 is 12.1 Å². The van der Waals surface area contributed by atoms with Crippen LogP contribution in [0.3, 0.4) is 0 Å². The van der Waals surface area contributed by atoms with E-state index in [1.54, 1.807) is 4.90 Å². The molecule has 0 bridgehead atoms. The summed E-state index contributed by atoms with van der Waals surface area (Å²) in [7, 11) is 0. The van der Waals surface area contributed by atoms with Crippen LogP contribution in [0.2, 0.25) is 0 Å². The molecule has 6 nitrogen and oxygen atoms in total. The SMILES string of the molecule is CCOC(=O)CN1CCCC(C2CN(C(=O)OC(C)(C)C)C2)C1. The molecule has 1 amide bonds. The van der Waals surface area contributed by atoms with Gasteiger partial charge in [0.2, 0.25) is 0 Å². The van der Waals surface area contributed by atoms with Crippen molar-refractivity contribution in [3.8, 4) is 0 Å². The van der Waals surface area contributed by atoms with E-state index >= 15 is 0 Å². The van der Waals surface area contributed by atoms with Crippen molar-refractivity contribution in [2.75, 3.05) is 39.3 Å². The first kappa shape index (κ1) is 18.0. The van der Waals surface area contributed by atoms with Crippen molar-refractivity contribution < 1.29 is 19.1 Å². The van der Waals surface area contributed by atoms with E-state index in [-0.39, 0.29) is 12.1 Å². The molecule has 0 aromatic carbocycles. The fourth-order valence-corrected chi connectivity index (χ4v) is 3.30. The van der Waals surface area contributed by atoms with Crippen LogP contribution < -0.4 is 0 Å². The Morgan fingerprint density at radius 2 is 1.83 bits per heavy atom. The molecule has 2 aliphatic heterocycles. The Morgan fingerprint density at radius 1 is 1.13 bits per heavy atom. The second-order valence-electron chi connectivity index (χ2n) is 7.59. The lowest BCUT2D eigenvalue weighted by atomic mass is 9.81. The third-order valence-electron chi connectivity index (χ3n) is 4.43. The van der Waals surface area contributed by atoms with Crippen LogP contribution in [-0.2, 0) is 14.3 Å². The van der Waals surface area contributed by atoms with E-state index in [1.807, 2.05) is 27.7 Å². The molecule has 0 radical (unpaired) electrons. The zero-order valence-corrected chi connectivity index (χ0v) is 14.8. The van der Waals surface area contributed by atoms with Crippen LogP contribution >= 0.6 is 0 Å². The molecular weight excluding hydrogens is 296 g/mol. The number of hydrogen-bond acceptors (Lipinski definition) is 5. The van der Waals surface area contributed by atoms with Gasteiger partial charge in [-0.2, -0.15) is 0 Å². The van der Waals surface area contributed by atoms with Gasteiger partial charge < -0.3 is 14.4 Å². The monoisotopic (exact) mass is 326 g/mol. The highest BCUT2D eigenvalue weighted by Gasteiger charge is 2.39. The summed E-state index contributed by atoms with van der Waals surface area (Å²) in [6.45, 7) is 11.7. The number of esters is 1. The maximum Gasteiger partial charge on any atom is 0.410 e. The summed E-state index contributed by atoms with van der Waals surface area (Å²) in [6, 6.07) is 0. The van der Waals surface area contributed by atoms with Crippen molar-refractivity contribution in [3.05, 3.63) is 0 Å². The number of piperidine rings is 1. The number of carbonyl (C=O) groups excluding carboxylic acids is 2. The van der Waals surface area contributed by atoms with Gasteiger partial charge in [0.25, 0.3) is 0 Å². The molecule has 2 rings (SSSR count). The average molecular weight is 326 g/mol. The summed E-state index contributed by atoms with van der Waals surface area (Å²) in [6.07, 6.45) is 2.06. The van der Waals surface area contributed by atoms with Crippen molar-refractivity contribution in [1.82, 2.24) is 9.80 Å². The Labute approximate surface area is 139 Å². The van der Waals surface area contributed by atoms with Gasteiger partial charge in [0.15, 0.2) is 0 Å². The number of ether oxygens (including phenoxy) is 2. The maximum atomic E-state index is 12.0. The Morgan fingerprint density at radius 3 is 2.43 bits per heavy atom. The number of nitrogens with zero attached hydrogens (tertiary/aromatic N) is 2. The molecule has 2 heterocycles. The van der Waals surface area contributed by atoms with Crippen molar-refractivity contribution in [3.63, 3.8) is 0 Å². The molecule has 1 unspecified atom stereocenters. The van der Waals surface area contributed by atoms with Gasteiger partial charge in [-0.15, -0.1) is 0 Å². The molecule has 23 heavy (non-hydrogen) atoms. The third kappa shape index (κ3) is 5.37. The van der Waals surface area contributed by atoms with Gasteiger partial charge in [-0.1, -0.05) is 0 Å². The summed E-state index contributed by atoms with van der Waals surface area (Å²) >= 11 is 0. The summed E-state index contributed by atoms with van der Waals surface area (Å²) in [5.41, 5.74) is -0.441. The minimum atomic E-state index is -0.441. The van der Waals surface area contributed by atoms with Crippen molar-refractivity contribution >= 4 is 12.1 Å². The molecule has 0 spiro atoms. The van der Waals surface area contributed by atoms with Gasteiger partial charge in [0, 0.05) is 19.6 Å². The van der Waals surface area contributed by atoms with Crippen LogP contribution in [0, 0.1) is 11.8 Å². The van der Waals surface area contributed by atoms with E-state index in [9.17, 15) is 9.59 Å². The van der Waals surface area contributed by atoms with Gasteiger partial charge in [0.1, 0.15) is 5.60 Å². The second-order valence-corrected chi connectivity index (χ2v) is 7.59. The molecule has 0 saturated carbocycles. The lowest BCUT2D eigenvalue weighted by Gasteiger charge is -2.46. The van der Waals surface area contributed by atoms with E-state index in [1.165, 1.54) is 6.42 Å². The number of hydrogen-bond donors (Lipinski definition) is 0. The number of likely N-dealkylation sites (tertiary alicyclic amines) is 2. The number of rotatable bonds is 4. The maximum absolute atomic E-state index is 12.0. The largest absolute Gasteiger partial charge is 0.465 e. The van der Waals surface area contributed by atoms with E-state index in [4.69, 9.17) is 9.47 Å². The highest BCUT2D eigenvalue weighted by Crippen LogP contribution is 2.31. The smallest absolute Gasteiger partial charge is 0.410 e. The highest BCUT2D eigenvalue weighted by molar-refractivity contribution is 5.71. The van der Waals surface area contributed by atoms with E-state index in [0.717, 1.165) is 32.6 Å². The second kappa shape index (κ2) is 7.51. The normalized spacial score (nSPS) is 23.3. The van der Waals surface area contributed by atoms with Crippen LogP contribution in [-0.4, -0.2) is 66.8 Å². The Balaban J connectivity index is 1.74. The van der Waals surface area contributed by atoms with Gasteiger partial charge in [-0.05, 0) is 58.9 Å². The van der Waals surface area contributed by atoms with Crippen LogP contribution in [0.25, 0.3) is 0 Å². The fourth-order valence-electron chi connectivity index (χ4n) is 3.30. The van der Waals surface area contributed by atoms with Gasteiger partial charge in [-0.3, -0.25) is 9.69 Å². The number of amides is 1. The summed E-state index contributed by atoms with van der Waals surface area (Å²) in [5, 5.41) is 0. The first-order valence-corrected chi connectivity index (χ1v) is 8.64. The standard InChI is InChI=1S/C17H30N2O4/c1-5-22-15(20)12-18-8-6-7-13(9-18)14-10-19(11-14)16(21)23-17(2,3)4/h13-14H,5-12H2,1-4H3. The molecule has 6 heteroatoms. The minimum Gasteiger partial charge on any atom is -0.465 e. The summed E-state index contributed by atoms with van der Waals surface area (Å²) in [5.74, 6) is 0.932. The van der Waals surface area contributed by atoms with E-state index in [2.05, 4.69) is 4.90 Å². The molecule has 0 aromatic rings. The predicted molar refractivity (Wildman–Crippen MR) is 87.1 cm³/mol. The Hall–Kier alpha value is -1.30.